The molecular formula is C15H23NO3. The molecule has 4 heteroatoms. The van der Waals surface area contributed by atoms with Crippen molar-refractivity contribution < 1.29 is 14.6 Å². The summed E-state index contributed by atoms with van der Waals surface area (Å²) in [4.78, 5) is 11.7. The van der Waals surface area contributed by atoms with Gasteiger partial charge in [0.1, 0.15) is 6.61 Å². The molecule has 0 unspecified atom stereocenters. The van der Waals surface area contributed by atoms with Gasteiger partial charge in [0.2, 0.25) is 0 Å². The second kappa shape index (κ2) is 7.14. The third kappa shape index (κ3) is 5.75. The number of rotatable bonds is 5. The number of aliphatic hydroxyl groups is 1. The first-order chi connectivity index (χ1) is 8.93. The van der Waals surface area contributed by atoms with Gasteiger partial charge in [-0.2, -0.15) is 0 Å². The largest absolute Gasteiger partial charge is 0.445 e. The minimum Gasteiger partial charge on any atom is -0.445 e. The molecule has 106 valence electrons. The summed E-state index contributed by atoms with van der Waals surface area (Å²) < 4.78 is 5.17. The zero-order valence-corrected chi connectivity index (χ0v) is 11.8. The molecule has 0 aromatic heterocycles. The molecule has 0 radical (unpaired) electrons. The molecule has 0 saturated heterocycles. The highest BCUT2D eigenvalue weighted by molar-refractivity contribution is 5.67. The standard InChI is InChI=1S/C15H23NO3/c1-15(2,3)13(9-10-17)16-14(18)19-11-12-7-5-4-6-8-12/h4-8,13,17H,9-11H2,1-3H3,(H,16,18)/t13-/m0/s1. The normalized spacial score (nSPS) is 12.8. The van der Waals surface area contributed by atoms with Crippen molar-refractivity contribution in [3.8, 4) is 0 Å². The molecule has 0 bridgehead atoms. The summed E-state index contributed by atoms with van der Waals surface area (Å²) in [6.45, 7) is 6.35. The van der Waals surface area contributed by atoms with Gasteiger partial charge in [0.05, 0.1) is 0 Å². The topological polar surface area (TPSA) is 58.6 Å². The van der Waals surface area contributed by atoms with Gasteiger partial charge in [-0.1, -0.05) is 51.1 Å². The molecule has 0 aliphatic carbocycles. The lowest BCUT2D eigenvalue weighted by Crippen LogP contribution is -2.44. The molecule has 0 saturated carbocycles. The van der Waals surface area contributed by atoms with E-state index in [0.717, 1.165) is 5.56 Å². The lowest BCUT2D eigenvalue weighted by molar-refractivity contribution is 0.120. The summed E-state index contributed by atoms with van der Waals surface area (Å²) in [5, 5.41) is 11.8. The highest BCUT2D eigenvalue weighted by Gasteiger charge is 2.26. The predicted molar refractivity (Wildman–Crippen MR) is 74.7 cm³/mol. The molecule has 0 heterocycles. The maximum absolute atomic E-state index is 11.7. The van der Waals surface area contributed by atoms with Gasteiger partial charge in [-0.3, -0.25) is 0 Å². The Kier molecular flexibility index (Phi) is 5.83. The van der Waals surface area contributed by atoms with Crippen molar-refractivity contribution in [2.45, 2.75) is 39.8 Å². The molecule has 1 aromatic rings. The molecule has 1 rings (SSSR count). The quantitative estimate of drug-likeness (QED) is 0.860. The van der Waals surface area contributed by atoms with E-state index in [0.29, 0.717) is 6.42 Å². The molecule has 1 amide bonds. The van der Waals surface area contributed by atoms with E-state index in [9.17, 15) is 4.79 Å². The van der Waals surface area contributed by atoms with Gasteiger partial charge < -0.3 is 15.2 Å². The molecule has 0 spiro atoms. The fraction of sp³-hybridized carbons (Fsp3) is 0.533. The lowest BCUT2D eigenvalue weighted by atomic mass is 9.85. The second-order valence-corrected chi connectivity index (χ2v) is 5.64. The number of carbonyl (C=O) groups excluding carboxylic acids is 1. The number of alkyl carbamates (subject to hydrolysis) is 1. The molecular weight excluding hydrogens is 242 g/mol. The summed E-state index contributed by atoms with van der Waals surface area (Å²) in [6, 6.07) is 9.42. The Balaban J connectivity index is 2.45. The van der Waals surface area contributed by atoms with Crippen LogP contribution in [0.5, 0.6) is 0 Å². The van der Waals surface area contributed by atoms with Crippen molar-refractivity contribution in [2.75, 3.05) is 6.61 Å². The monoisotopic (exact) mass is 265 g/mol. The molecule has 19 heavy (non-hydrogen) atoms. The predicted octanol–water partition coefficient (Wildman–Crippen LogP) is 2.71. The maximum Gasteiger partial charge on any atom is 0.407 e. The average molecular weight is 265 g/mol. The van der Waals surface area contributed by atoms with E-state index in [2.05, 4.69) is 5.32 Å². The number of aliphatic hydroxyl groups excluding tert-OH is 1. The number of carbonyl (C=O) groups is 1. The Morgan fingerprint density at radius 1 is 1.32 bits per heavy atom. The van der Waals surface area contributed by atoms with Crippen LogP contribution in [-0.4, -0.2) is 23.8 Å². The molecule has 0 aliphatic rings. The summed E-state index contributed by atoms with van der Waals surface area (Å²) >= 11 is 0. The van der Waals surface area contributed by atoms with E-state index >= 15 is 0 Å². The Hall–Kier alpha value is -1.55. The van der Waals surface area contributed by atoms with Crippen LogP contribution in [0.3, 0.4) is 0 Å². The smallest absolute Gasteiger partial charge is 0.407 e. The van der Waals surface area contributed by atoms with E-state index in [4.69, 9.17) is 9.84 Å². The first kappa shape index (κ1) is 15.5. The van der Waals surface area contributed by atoms with Gasteiger partial charge in [-0.15, -0.1) is 0 Å². The van der Waals surface area contributed by atoms with E-state index in [1.165, 1.54) is 0 Å². The van der Waals surface area contributed by atoms with Crippen molar-refractivity contribution in [2.24, 2.45) is 5.41 Å². The van der Waals surface area contributed by atoms with Gasteiger partial charge >= 0.3 is 6.09 Å². The number of amides is 1. The average Bonchev–Trinajstić information content (AvgIpc) is 2.36. The molecule has 4 nitrogen and oxygen atoms in total. The number of nitrogens with one attached hydrogen (secondary N) is 1. The van der Waals surface area contributed by atoms with E-state index < -0.39 is 6.09 Å². The molecule has 2 N–H and O–H groups in total. The van der Waals surface area contributed by atoms with Crippen LogP contribution >= 0.6 is 0 Å². The summed E-state index contributed by atoms with van der Waals surface area (Å²) in [7, 11) is 0. The van der Waals surface area contributed by atoms with E-state index in [1.807, 2.05) is 51.1 Å². The SMILES string of the molecule is CC(C)(C)[C@H](CCO)NC(=O)OCc1ccccc1. The first-order valence-corrected chi connectivity index (χ1v) is 6.51. The van der Waals surface area contributed by atoms with E-state index in [-0.39, 0.29) is 24.7 Å². The van der Waals surface area contributed by atoms with Crippen LogP contribution in [0.1, 0.15) is 32.8 Å². The van der Waals surface area contributed by atoms with Crippen LogP contribution in [0.25, 0.3) is 0 Å². The fourth-order valence-corrected chi connectivity index (χ4v) is 1.76. The van der Waals surface area contributed by atoms with Crippen molar-refractivity contribution >= 4 is 6.09 Å². The van der Waals surface area contributed by atoms with Crippen LogP contribution in [0.4, 0.5) is 4.79 Å². The fourth-order valence-electron chi connectivity index (χ4n) is 1.76. The van der Waals surface area contributed by atoms with Crippen LogP contribution < -0.4 is 5.32 Å². The zero-order valence-electron chi connectivity index (χ0n) is 11.8. The number of benzene rings is 1. The van der Waals surface area contributed by atoms with Crippen molar-refractivity contribution in [3.05, 3.63) is 35.9 Å². The van der Waals surface area contributed by atoms with Crippen LogP contribution in [0, 0.1) is 5.41 Å². The number of hydrogen-bond acceptors (Lipinski definition) is 3. The third-order valence-electron chi connectivity index (χ3n) is 2.97. The number of hydrogen-bond donors (Lipinski definition) is 2. The molecule has 1 aromatic carbocycles. The minimum absolute atomic E-state index is 0.0426. The summed E-state index contributed by atoms with van der Waals surface area (Å²) in [5.41, 5.74) is 0.834. The van der Waals surface area contributed by atoms with Crippen molar-refractivity contribution in [3.63, 3.8) is 0 Å². The van der Waals surface area contributed by atoms with Crippen molar-refractivity contribution in [1.82, 2.24) is 5.32 Å². The highest BCUT2D eigenvalue weighted by atomic mass is 16.5. The van der Waals surface area contributed by atoms with Gasteiger partial charge in [-0.25, -0.2) is 4.79 Å². The number of ether oxygens (including phenoxy) is 1. The molecule has 0 fully saturated rings. The van der Waals surface area contributed by atoms with Crippen LogP contribution in [0.15, 0.2) is 30.3 Å². The van der Waals surface area contributed by atoms with Crippen LogP contribution in [0.2, 0.25) is 0 Å². The minimum atomic E-state index is -0.447. The van der Waals surface area contributed by atoms with Gasteiger partial charge in [0, 0.05) is 12.6 Å². The van der Waals surface area contributed by atoms with Gasteiger partial charge in [0.15, 0.2) is 0 Å². The van der Waals surface area contributed by atoms with Crippen LogP contribution in [-0.2, 0) is 11.3 Å². The zero-order chi connectivity index (χ0) is 14.3. The second-order valence-electron chi connectivity index (χ2n) is 5.64. The van der Waals surface area contributed by atoms with Gasteiger partial charge in [-0.05, 0) is 17.4 Å². The third-order valence-corrected chi connectivity index (χ3v) is 2.97. The summed E-state index contributed by atoms with van der Waals surface area (Å²) in [6.07, 6.45) is 0.0708. The first-order valence-electron chi connectivity index (χ1n) is 6.51. The Morgan fingerprint density at radius 3 is 2.47 bits per heavy atom. The summed E-state index contributed by atoms with van der Waals surface area (Å²) in [5.74, 6) is 0. The maximum atomic E-state index is 11.7. The van der Waals surface area contributed by atoms with E-state index in [1.54, 1.807) is 0 Å². The Labute approximate surface area is 114 Å². The van der Waals surface area contributed by atoms with Gasteiger partial charge in [0.25, 0.3) is 0 Å². The lowest BCUT2D eigenvalue weighted by Gasteiger charge is -2.30. The van der Waals surface area contributed by atoms with Crippen molar-refractivity contribution in [1.29, 1.82) is 0 Å². The highest BCUT2D eigenvalue weighted by Crippen LogP contribution is 2.21. The molecule has 1 atom stereocenters. The Bertz CT molecular complexity index is 384. The Morgan fingerprint density at radius 2 is 1.95 bits per heavy atom. The molecule has 0 aliphatic heterocycles.